The Morgan fingerprint density at radius 3 is 1.82 bits per heavy atom. The van der Waals surface area contributed by atoms with Gasteiger partial charge in [-0.25, -0.2) is 26.3 Å². The predicted octanol–water partition coefficient (Wildman–Crippen LogP) is 7.90. The molecule has 1 aliphatic heterocycles. The van der Waals surface area contributed by atoms with E-state index in [-0.39, 0.29) is 36.5 Å². The SMILES string of the molecule is Cc1ccc(-c2ccc(-c3cc(F)c(OCC4COC(c5cc(F)c(F)c(F)c5)OC4)c(F)c3)c(F)c2)cc1. The first-order valence-corrected chi connectivity index (χ1v) is 12.1. The number of ether oxygens (including phenoxy) is 3. The fraction of sp³-hybridized carbons (Fsp3) is 0.200. The third kappa shape index (κ3) is 5.79. The normalized spacial score (nSPS) is 17.3. The summed E-state index contributed by atoms with van der Waals surface area (Å²) < 4.78 is 101. The van der Waals surface area contributed by atoms with Crippen LogP contribution in [-0.4, -0.2) is 19.8 Å². The Balaban J connectivity index is 1.23. The molecule has 4 aromatic rings. The van der Waals surface area contributed by atoms with Crippen molar-refractivity contribution in [3.8, 4) is 28.0 Å². The van der Waals surface area contributed by atoms with E-state index < -0.39 is 52.9 Å². The van der Waals surface area contributed by atoms with Crippen LogP contribution in [0, 0.1) is 47.7 Å². The van der Waals surface area contributed by atoms with Gasteiger partial charge in [0.1, 0.15) is 5.82 Å². The summed E-state index contributed by atoms with van der Waals surface area (Å²) in [6, 6.07) is 15.5. The second-order valence-electron chi connectivity index (χ2n) is 9.30. The molecule has 0 bridgehead atoms. The largest absolute Gasteiger partial charge is 0.487 e. The molecule has 0 aliphatic carbocycles. The van der Waals surface area contributed by atoms with E-state index in [4.69, 9.17) is 14.2 Å². The molecule has 0 amide bonds. The van der Waals surface area contributed by atoms with Gasteiger partial charge in [-0.05, 0) is 53.9 Å². The summed E-state index contributed by atoms with van der Waals surface area (Å²) in [5.74, 6) is -8.11. The summed E-state index contributed by atoms with van der Waals surface area (Å²) >= 11 is 0. The molecule has 4 aromatic carbocycles. The average molecular weight is 544 g/mol. The van der Waals surface area contributed by atoms with Gasteiger partial charge < -0.3 is 14.2 Å². The average Bonchev–Trinajstić information content (AvgIpc) is 2.91. The van der Waals surface area contributed by atoms with Crippen LogP contribution in [0.3, 0.4) is 0 Å². The Hall–Kier alpha value is -3.82. The summed E-state index contributed by atoms with van der Waals surface area (Å²) in [6.45, 7) is 1.74. The molecule has 202 valence electrons. The lowest BCUT2D eigenvalue weighted by molar-refractivity contribution is -0.209. The van der Waals surface area contributed by atoms with E-state index in [1.165, 1.54) is 12.1 Å². The standard InChI is InChI=1S/C30H22F6O3/c1-16-2-4-18(5-3-16)19-6-7-22(23(31)8-19)20-9-26(34)29(27(35)10-20)37-13-17-14-38-30(39-15-17)21-11-24(32)28(36)25(33)12-21/h2-12,17,30H,13-15H2,1H3. The van der Waals surface area contributed by atoms with E-state index in [0.717, 1.165) is 35.4 Å². The molecule has 0 saturated carbocycles. The Kier molecular flexibility index (Phi) is 7.63. The first kappa shape index (κ1) is 26.8. The van der Waals surface area contributed by atoms with E-state index in [2.05, 4.69) is 0 Å². The van der Waals surface area contributed by atoms with Crippen LogP contribution in [0.2, 0.25) is 0 Å². The van der Waals surface area contributed by atoms with Crippen molar-refractivity contribution in [3.05, 3.63) is 113 Å². The Morgan fingerprint density at radius 1 is 0.667 bits per heavy atom. The number of benzene rings is 4. The first-order valence-electron chi connectivity index (χ1n) is 12.1. The second kappa shape index (κ2) is 11.1. The van der Waals surface area contributed by atoms with Crippen LogP contribution in [0.15, 0.2) is 66.7 Å². The molecule has 0 spiro atoms. The van der Waals surface area contributed by atoms with Crippen molar-refractivity contribution in [1.29, 1.82) is 0 Å². The third-order valence-corrected chi connectivity index (χ3v) is 6.37. The van der Waals surface area contributed by atoms with Crippen LogP contribution >= 0.6 is 0 Å². The lowest BCUT2D eigenvalue weighted by Crippen LogP contribution is -2.31. The minimum atomic E-state index is -1.60. The Morgan fingerprint density at radius 2 is 1.23 bits per heavy atom. The van der Waals surface area contributed by atoms with Gasteiger partial charge >= 0.3 is 0 Å². The van der Waals surface area contributed by atoms with Crippen LogP contribution in [0.5, 0.6) is 5.75 Å². The van der Waals surface area contributed by atoms with Crippen molar-refractivity contribution in [2.24, 2.45) is 5.92 Å². The maximum atomic E-state index is 14.9. The van der Waals surface area contributed by atoms with E-state index in [0.29, 0.717) is 5.56 Å². The van der Waals surface area contributed by atoms with Crippen molar-refractivity contribution in [2.75, 3.05) is 19.8 Å². The molecule has 3 nitrogen and oxygen atoms in total. The summed E-state index contributed by atoms with van der Waals surface area (Å²) in [5.41, 5.74) is 2.50. The van der Waals surface area contributed by atoms with Gasteiger partial charge in [-0.3, -0.25) is 0 Å². The number of hydrogen-bond acceptors (Lipinski definition) is 3. The fourth-order valence-corrected chi connectivity index (χ4v) is 4.27. The molecule has 9 heteroatoms. The predicted molar refractivity (Wildman–Crippen MR) is 132 cm³/mol. The van der Waals surface area contributed by atoms with Crippen LogP contribution in [0.1, 0.15) is 17.4 Å². The minimum Gasteiger partial charge on any atom is -0.487 e. The summed E-state index contributed by atoms with van der Waals surface area (Å²) in [5, 5.41) is 0. The van der Waals surface area contributed by atoms with E-state index in [1.54, 1.807) is 6.07 Å². The molecule has 0 unspecified atom stereocenters. The zero-order valence-electron chi connectivity index (χ0n) is 20.6. The number of hydrogen-bond donors (Lipinski definition) is 0. The second-order valence-corrected chi connectivity index (χ2v) is 9.30. The highest BCUT2D eigenvalue weighted by Crippen LogP contribution is 2.33. The van der Waals surface area contributed by atoms with Crippen LogP contribution in [0.4, 0.5) is 26.3 Å². The molecule has 5 rings (SSSR count). The van der Waals surface area contributed by atoms with Gasteiger partial charge in [0, 0.05) is 17.0 Å². The van der Waals surface area contributed by atoms with Crippen molar-refractivity contribution in [2.45, 2.75) is 13.2 Å². The molecule has 1 heterocycles. The van der Waals surface area contributed by atoms with Gasteiger partial charge in [0.15, 0.2) is 41.1 Å². The third-order valence-electron chi connectivity index (χ3n) is 6.37. The van der Waals surface area contributed by atoms with E-state index >= 15 is 0 Å². The van der Waals surface area contributed by atoms with Gasteiger partial charge in [-0.1, -0.05) is 42.0 Å². The van der Waals surface area contributed by atoms with Gasteiger partial charge in [-0.15, -0.1) is 0 Å². The number of rotatable bonds is 6. The summed E-state index contributed by atoms with van der Waals surface area (Å²) in [6.07, 6.45) is -1.13. The van der Waals surface area contributed by atoms with E-state index in [9.17, 15) is 26.3 Å². The Bertz CT molecular complexity index is 1450. The smallest absolute Gasteiger partial charge is 0.194 e. The maximum absolute atomic E-state index is 14.9. The molecule has 39 heavy (non-hydrogen) atoms. The molecule has 1 aliphatic rings. The first-order chi connectivity index (χ1) is 18.7. The Labute approximate surface area is 220 Å². The molecule has 0 atom stereocenters. The van der Waals surface area contributed by atoms with Crippen molar-refractivity contribution < 1.29 is 40.6 Å². The fourth-order valence-electron chi connectivity index (χ4n) is 4.27. The molecule has 1 fully saturated rings. The molecular weight excluding hydrogens is 522 g/mol. The monoisotopic (exact) mass is 544 g/mol. The maximum Gasteiger partial charge on any atom is 0.194 e. The van der Waals surface area contributed by atoms with Crippen molar-refractivity contribution in [3.63, 3.8) is 0 Å². The number of halogens is 6. The molecule has 1 saturated heterocycles. The zero-order chi connectivity index (χ0) is 27.7. The minimum absolute atomic E-state index is 0.00878. The summed E-state index contributed by atoms with van der Waals surface area (Å²) in [7, 11) is 0. The topological polar surface area (TPSA) is 27.7 Å². The highest BCUT2D eigenvalue weighted by Gasteiger charge is 2.27. The van der Waals surface area contributed by atoms with Crippen molar-refractivity contribution >= 4 is 0 Å². The van der Waals surface area contributed by atoms with Gasteiger partial charge in [0.05, 0.1) is 19.8 Å². The quantitative estimate of drug-likeness (QED) is 0.182. The van der Waals surface area contributed by atoms with E-state index in [1.807, 2.05) is 31.2 Å². The number of aryl methyl sites for hydroxylation is 1. The molecular formula is C30H22F6O3. The highest BCUT2D eigenvalue weighted by molar-refractivity contribution is 5.71. The van der Waals surface area contributed by atoms with Crippen molar-refractivity contribution in [1.82, 2.24) is 0 Å². The zero-order valence-corrected chi connectivity index (χ0v) is 20.6. The lowest BCUT2D eigenvalue weighted by atomic mass is 9.99. The summed E-state index contributed by atoms with van der Waals surface area (Å²) in [4.78, 5) is 0. The van der Waals surface area contributed by atoms with Gasteiger partial charge in [0.2, 0.25) is 0 Å². The van der Waals surface area contributed by atoms with Crippen LogP contribution in [-0.2, 0) is 9.47 Å². The molecule has 0 aromatic heterocycles. The van der Waals surface area contributed by atoms with Gasteiger partial charge in [-0.2, -0.15) is 0 Å². The van der Waals surface area contributed by atoms with Crippen LogP contribution < -0.4 is 4.74 Å². The highest BCUT2D eigenvalue weighted by atomic mass is 19.2. The lowest BCUT2D eigenvalue weighted by Gasteiger charge is -2.29. The van der Waals surface area contributed by atoms with Crippen LogP contribution in [0.25, 0.3) is 22.3 Å². The van der Waals surface area contributed by atoms with Gasteiger partial charge in [0.25, 0.3) is 0 Å². The molecule has 0 radical (unpaired) electrons. The molecule has 0 N–H and O–H groups in total.